The van der Waals surface area contributed by atoms with Gasteiger partial charge in [0, 0.05) is 120 Å². The maximum absolute atomic E-state index is 7.12. The molecule has 0 aliphatic rings. The number of rotatable bonds is 8. The fourth-order valence-electron chi connectivity index (χ4n) is 11.8. The van der Waals surface area contributed by atoms with Gasteiger partial charge in [-0.1, -0.05) is 61.2 Å². The zero-order chi connectivity index (χ0) is 62.8. The Labute approximate surface area is 517 Å². The number of fused-ring (bicyclic) bond motifs is 2. The molecule has 444 valence electrons. The van der Waals surface area contributed by atoms with Gasteiger partial charge in [-0.2, -0.15) is 53.5 Å². The fraction of sp³-hybridized carbons (Fsp3) is 0.200. The van der Waals surface area contributed by atoms with Gasteiger partial charge < -0.3 is 4.85 Å². The first-order valence-corrected chi connectivity index (χ1v) is 29.2. The highest BCUT2D eigenvalue weighted by Gasteiger charge is 2.27. The summed E-state index contributed by atoms with van der Waals surface area (Å²) in [6.07, 6.45) is 3.62. The van der Waals surface area contributed by atoms with Crippen molar-refractivity contribution < 1.29 is 18.3 Å². The molecule has 3 aromatic carbocycles. The van der Waals surface area contributed by atoms with Crippen LogP contribution in [0.5, 0.6) is 0 Å². The summed E-state index contributed by atoms with van der Waals surface area (Å²) in [5, 5.41) is 33.2. The Morgan fingerprint density at radius 3 is 1.09 bits per heavy atom. The summed E-state index contributed by atoms with van der Waals surface area (Å²) in [6.45, 7) is 13.3. The van der Waals surface area contributed by atoms with Gasteiger partial charge in [0.2, 0.25) is 45.6 Å². The Bertz CT molecular complexity index is 4730. The van der Waals surface area contributed by atoms with E-state index in [1.165, 1.54) is 11.1 Å². The van der Waals surface area contributed by atoms with Crippen LogP contribution in [0, 0.1) is 27.3 Å². The monoisotopic (exact) mass is 1180 g/mol. The van der Waals surface area contributed by atoms with Crippen LogP contribution in [0.4, 0.5) is 5.82 Å². The van der Waals surface area contributed by atoms with E-state index in [0.717, 1.165) is 119 Å². The molecule has 19 heteroatoms. The number of aromatic nitrogens is 18. The highest BCUT2D eigenvalue weighted by Crippen LogP contribution is 2.31. The summed E-state index contributed by atoms with van der Waals surface area (Å²) < 4.78 is 22.0. The molecule has 19 nitrogen and oxygen atoms in total. The fourth-order valence-corrected chi connectivity index (χ4v) is 11.8. The van der Waals surface area contributed by atoms with Gasteiger partial charge in [-0.15, -0.1) is 0 Å². The largest absolute Gasteiger partial charge is 0.359 e. The first-order chi connectivity index (χ1) is 42.9. The Morgan fingerprint density at radius 1 is 0.337 bits per heavy atom. The van der Waals surface area contributed by atoms with Crippen LogP contribution in [0.3, 0.4) is 0 Å². The predicted octanol–water partition coefficient (Wildman–Crippen LogP) is 10.3. The number of nitrogens with zero attached hydrogens (tertiary/aromatic N) is 19. The maximum Gasteiger partial charge on any atom is 0.296 e. The smallest absolute Gasteiger partial charge is 0.296 e. The predicted molar refractivity (Wildman–Crippen MR) is 347 cm³/mol. The molecule has 11 heterocycles. The van der Waals surface area contributed by atoms with Gasteiger partial charge in [-0.3, -0.25) is 28.1 Å². The van der Waals surface area contributed by atoms with Crippen LogP contribution in [0.2, 0.25) is 0 Å². The third-order valence-corrected chi connectivity index (χ3v) is 16.3. The zero-order valence-corrected chi connectivity index (χ0v) is 52.9. The first-order valence-electron chi connectivity index (χ1n) is 29.2. The van der Waals surface area contributed by atoms with Crippen LogP contribution < -0.4 is 18.3 Å². The van der Waals surface area contributed by atoms with Crippen molar-refractivity contribution in [3.05, 3.63) is 217 Å². The van der Waals surface area contributed by atoms with Gasteiger partial charge in [-0.25, -0.2) is 0 Å². The van der Waals surface area contributed by atoms with Crippen LogP contribution in [0.25, 0.3) is 118 Å². The van der Waals surface area contributed by atoms with Crippen molar-refractivity contribution in [3.8, 4) is 91.0 Å². The molecule has 89 heavy (non-hydrogen) atoms. The molecule has 0 saturated carbocycles. The van der Waals surface area contributed by atoms with Crippen molar-refractivity contribution >= 4 is 27.6 Å². The van der Waals surface area contributed by atoms with E-state index < -0.39 is 0 Å². The van der Waals surface area contributed by atoms with Crippen LogP contribution in [-0.4, -0.2) is 68.5 Å². The molecular weight excluding hydrogens is 1110 g/mol. The molecule has 0 amide bonds. The molecule has 11 aromatic heterocycles. The van der Waals surface area contributed by atoms with Crippen molar-refractivity contribution in [3.63, 3.8) is 0 Å². The summed E-state index contributed by atoms with van der Waals surface area (Å²) >= 11 is 0. The van der Waals surface area contributed by atoms with Crippen molar-refractivity contribution in [2.24, 2.45) is 77.5 Å². The van der Waals surface area contributed by atoms with Crippen molar-refractivity contribution in [1.29, 1.82) is 0 Å². The molecule has 0 bridgehead atoms. The standard InChI is InChI=1S/C22H20N5.C18H17N4.C16H20N5.C14H16N5/c1-25-19(21-15-9-4-6-11-17(15)23-26(21)2)13-8-14-20(25)22-16-10-5-7-12-18(16)24-27(22)3;1-13-8-5-6-9-14(13)15-10-7-11-16(21(15)3)17-12-18(19-2)20-22(17)4;1-11-9-15(20(4)17-11)13-7-6-8-14(19(13)3)16-10-12(2)18-21(16)5;1-17-11(13-7-9-15-18(13)2)5-4-6-12(17)14-8-10-16-19(14)3/h4-14H,1-3H3;5-12H,1,3-4H3;6-10H,1-5H3;4-10H,1-3H3/q4*+1. The van der Waals surface area contributed by atoms with Gasteiger partial charge in [0.05, 0.1) is 29.5 Å². The number of pyridine rings is 4. The Morgan fingerprint density at radius 2 is 0.697 bits per heavy atom. The lowest BCUT2D eigenvalue weighted by Gasteiger charge is -2.07. The Balaban J connectivity index is 0.000000123. The lowest BCUT2D eigenvalue weighted by atomic mass is 10.0. The number of hydrogen-bond acceptors (Lipinski definition) is 7. The molecule has 0 aliphatic carbocycles. The minimum absolute atomic E-state index is 0.416. The molecule has 0 spiro atoms. The summed E-state index contributed by atoms with van der Waals surface area (Å²) in [6, 6.07) is 60.1. The molecular formula is C70H73N19+4. The lowest BCUT2D eigenvalue weighted by Crippen LogP contribution is -2.35. The highest BCUT2D eigenvalue weighted by molar-refractivity contribution is 5.93. The molecule has 14 aromatic rings. The van der Waals surface area contributed by atoms with Crippen molar-refractivity contribution in [1.82, 2.24) is 68.5 Å². The van der Waals surface area contributed by atoms with E-state index in [2.05, 4.69) is 214 Å². The average molecular weight is 1180 g/mol. The highest BCUT2D eigenvalue weighted by atomic mass is 15.3. The van der Waals surface area contributed by atoms with Crippen LogP contribution in [0.1, 0.15) is 17.0 Å². The van der Waals surface area contributed by atoms with E-state index in [-0.39, 0.29) is 0 Å². The number of aryl methyl sites for hydroxylation is 10. The maximum atomic E-state index is 7.12. The third kappa shape index (κ3) is 11.7. The molecule has 0 radical (unpaired) electrons. The second-order valence-electron chi connectivity index (χ2n) is 22.1. The van der Waals surface area contributed by atoms with Gasteiger partial charge in [0.1, 0.15) is 68.0 Å². The Hall–Kier alpha value is -11.3. The topological polar surface area (TPSA) is 145 Å². The van der Waals surface area contributed by atoms with Gasteiger partial charge in [0.25, 0.3) is 5.82 Å². The van der Waals surface area contributed by atoms with E-state index >= 15 is 0 Å². The molecule has 0 atom stereocenters. The lowest BCUT2D eigenvalue weighted by molar-refractivity contribution is -0.649. The van der Waals surface area contributed by atoms with Crippen molar-refractivity contribution in [2.45, 2.75) is 20.8 Å². The molecule has 0 N–H and O–H groups in total. The van der Waals surface area contributed by atoms with Gasteiger partial charge >= 0.3 is 0 Å². The number of benzene rings is 3. The second-order valence-corrected chi connectivity index (χ2v) is 22.1. The SMILES string of the molecule is Cc1cc(-c2cccc(-c3cc(C)nn3C)[n+]2C)n(C)n1.Cn1nc2ccccc2c1-c1cccc(-c2c3ccccc3nn2C)[n+]1C.Cn1nccc1-c1cccc(-c2ccnn2C)[n+]1C.[C-]#[N+]c1cc(-c2cccc(-c3ccccc3C)[n+]2C)n(C)n1. The second kappa shape index (κ2) is 25.0. The zero-order valence-electron chi connectivity index (χ0n) is 52.9. The van der Waals surface area contributed by atoms with E-state index in [1.54, 1.807) is 4.68 Å². The summed E-state index contributed by atoms with van der Waals surface area (Å²) in [4.78, 5) is 3.41. The first kappa shape index (κ1) is 59.5. The molecule has 0 unspecified atom stereocenters. The Kier molecular flexibility index (Phi) is 16.7. The normalized spacial score (nSPS) is 11.0. The quantitative estimate of drug-likeness (QED) is 0.109. The minimum atomic E-state index is 0.416. The molecule has 14 rings (SSSR count). The van der Waals surface area contributed by atoms with Crippen LogP contribution in [-0.2, 0) is 77.5 Å². The van der Waals surface area contributed by atoms with Gasteiger partial charge in [-0.05, 0) is 104 Å². The molecule has 0 saturated heterocycles. The summed E-state index contributed by atoms with van der Waals surface area (Å²) in [7, 11) is 22.0. The summed E-state index contributed by atoms with van der Waals surface area (Å²) in [5.41, 5.74) is 23.0. The van der Waals surface area contributed by atoms with Gasteiger partial charge in [0.15, 0.2) is 0 Å². The molecule has 0 aliphatic heterocycles. The van der Waals surface area contributed by atoms with E-state index in [9.17, 15) is 0 Å². The van der Waals surface area contributed by atoms with E-state index in [0.29, 0.717) is 5.82 Å². The summed E-state index contributed by atoms with van der Waals surface area (Å²) in [5.74, 6) is 0.416. The van der Waals surface area contributed by atoms with E-state index in [4.69, 9.17) is 6.57 Å². The molecule has 0 fully saturated rings. The van der Waals surface area contributed by atoms with Crippen LogP contribution >= 0.6 is 0 Å². The van der Waals surface area contributed by atoms with Crippen LogP contribution in [0.15, 0.2) is 188 Å². The van der Waals surface area contributed by atoms with Crippen molar-refractivity contribution in [2.75, 3.05) is 0 Å². The number of hydrogen-bond donors (Lipinski definition) is 0. The minimum Gasteiger partial charge on any atom is -0.359 e. The van der Waals surface area contributed by atoms with E-state index in [1.807, 2.05) is 159 Å². The average Bonchev–Trinajstić information content (AvgIpc) is 1.90. The third-order valence-electron chi connectivity index (χ3n) is 16.3.